The summed E-state index contributed by atoms with van der Waals surface area (Å²) < 4.78 is 9.11. The third kappa shape index (κ3) is 22.7. The zero-order valence-corrected chi connectivity index (χ0v) is 7.79. The van der Waals surface area contributed by atoms with Crippen molar-refractivity contribution in [2.45, 2.75) is 0 Å². The van der Waals surface area contributed by atoms with E-state index in [-0.39, 0.29) is 6.61 Å². The van der Waals surface area contributed by atoms with E-state index in [4.69, 9.17) is 21.4 Å². The molecule has 0 aliphatic heterocycles. The molecule has 0 aromatic rings. The summed E-state index contributed by atoms with van der Waals surface area (Å²) in [4.78, 5) is 0. The van der Waals surface area contributed by atoms with Gasteiger partial charge in [0.1, 0.15) is 0 Å². The van der Waals surface area contributed by atoms with Crippen LogP contribution in [0.1, 0.15) is 0 Å². The van der Waals surface area contributed by atoms with Crippen LogP contribution in [0, 0.1) is 0 Å². The third-order valence-electron chi connectivity index (χ3n) is 0.650. The van der Waals surface area contributed by atoms with Crippen LogP contribution in [0.2, 0.25) is 0 Å². The van der Waals surface area contributed by atoms with E-state index < -0.39 is 0 Å². The summed E-state index contributed by atoms with van der Waals surface area (Å²) in [6.07, 6.45) is 2.62. The smallest absolute Gasteiger partial charge is 0.0829 e. The number of halogens is 1. The standard InChI is InChI=1S/C4H9ClO2.C4H6O/c5-1-3-7-4-2-6;1-3-5-4-2/h6H,1-4H2;3-4H,1-2H2. The van der Waals surface area contributed by atoms with E-state index in [1.807, 2.05) is 0 Å². The molecule has 0 radical (unpaired) electrons. The van der Waals surface area contributed by atoms with E-state index in [1.165, 1.54) is 12.5 Å². The van der Waals surface area contributed by atoms with Gasteiger partial charge >= 0.3 is 0 Å². The molecule has 0 rings (SSSR count). The van der Waals surface area contributed by atoms with Crippen LogP contribution in [0.4, 0.5) is 0 Å². The first-order chi connectivity index (χ1) is 5.83. The number of hydrogen-bond donors (Lipinski definition) is 1. The molecule has 1 N–H and O–H groups in total. The number of alkyl halides is 1. The second-order valence-electron chi connectivity index (χ2n) is 1.49. The van der Waals surface area contributed by atoms with Crippen molar-refractivity contribution in [1.29, 1.82) is 0 Å². The lowest BCUT2D eigenvalue weighted by Crippen LogP contribution is -2.00. The molecule has 0 unspecified atom stereocenters. The van der Waals surface area contributed by atoms with Gasteiger partial charge < -0.3 is 14.6 Å². The second-order valence-corrected chi connectivity index (χ2v) is 1.87. The highest BCUT2D eigenvalue weighted by atomic mass is 35.5. The summed E-state index contributed by atoms with van der Waals surface area (Å²) in [6.45, 7) is 7.52. The Hall–Kier alpha value is -0.510. The molecule has 0 heterocycles. The van der Waals surface area contributed by atoms with Crippen LogP contribution in [0.3, 0.4) is 0 Å². The fourth-order valence-corrected chi connectivity index (χ4v) is 0.398. The van der Waals surface area contributed by atoms with Crippen molar-refractivity contribution in [3.8, 4) is 0 Å². The van der Waals surface area contributed by atoms with E-state index in [0.29, 0.717) is 19.1 Å². The Morgan fingerprint density at radius 2 is 1.83 bits per heavy atom. The summed E-state index contributed by atoms with van der Waals surface area (Å²) in [6, 6.07) is 0. The van der Waals surface area contributed by atoms with Crippen molar-refractivity contribution in [2.75, 3.05) is 25.7 Å². The zero-order valence-electron chi connectivity index (χ0n) is 7.04. The molecule has 0 aliphatic rings. The first-order valence-electron chi connectivity index (χ1n) is 3.45. The van der Waals surface area contributed by atoms with Gasteiger partial charge in [-0.3, -0.25) is 0 Å². The van der Waals surface area contributed by atoms with Gasteiger partial charge in [0, 0.05) is 5.88 Å². The summed E-state index contributed by atoms with van der Waals surface area (Å²) in [5.41, 5.74) is 0. The molecule has 0 saturated heterocycles. The summed E-state index contributed by atoms with van der Waals surface area (Å²) in [5.74, 6) is 0.500. The minimum Gasteiger partial charge on any atom is -0.474 e. The highest BCUT2D eigenvalue weighted by Crippen LogP contribution is 1.76. The van der Waals surface area contributed by atoms with Gasteiger partial charge in [0.05, 0.1) is 32.3 Å². The molecule has 12 heavy (non-hydrogen) atoms. The average molecular weight is 195 g/mol. The Balaban J connectivity index is 0. The zero-order chi connectivity index (χ0) is 9.66. The Kier molecular flexibility index (Phi) is 19.7. The van der Waals surface area contributed by atoms with Crippen molar-refractivity contribution in [3.05, 3.63) is 25.7 Å². The molecule has 0 aliphatic carbocycles. The monoisotopic (exact) mass is 194 g/mol. The second kappa shape index (κ2) is 16.8. The maximum Gasteiger partial charge on any atom is 0.0829 e. The van der Waals surface area contributed by atoms with Crippen molar-refractivity contribution >= 4 is 11.6 Å². The number of ether oxygens (including phenoxy) is 2. The summed E-state index contributed by atoms with van der Waals surface area (Å²) in [7, 11) is 0. The first kappa shape index (κ1) is 14.0. The largest absolute Gasteiger partial charge is 0.474 e. The van der Waals surface area contributed by atoms with Gasteiger partial charge in [-0.25, -0.2) is 0 Å². The van der Waals surface area contributed by atoms with Crippen LogP contribution >= 0.6 is 11.6 Å². The van der Waals surface area contributed by atoms with Crippen LogP contribution in [-0.2, 0) is 9.47 Å². The molecule has 0 spiro atoms. The number of hydrogen-bond acceptors (Lipinski definition) is 3. The highest BCUT2D eigenvalue weighted by molar-refractivity contribution is 6.17. The summed E-state index contributed by atoms with van der Waals surface area (Å²) >= 11 is 5.23. The molecular formula is C8H15ClO3. The van der Waals surface area contributed by atoms with Crippen molar-refractivity contribution in [3.63, 3.8) is 0 Å². The Morgan fingerprint density at radius 1 is 1.25 bits per heavy atom. The molecule has 4 heteroatoms. The molecule has 0 atom stereocenters. The SMILES string of the molecule is C=COC=C.OCCOCCCl. The number of aliphatic hydroxyl groups excluding tert-OH is 1. The maximum absolute atomic E-state index is 8.12. The number of rotatable bonds is 6. The van der Waals surface area contributed by atoms with Gasteiger partial charge in [0.2, 0.25) is 0 Å². The average Bonchev–Trinajstić information content (AvgIpc) is 2.08. The van der Waals surface area contributed by atoms with Crippen LogP contribution in [0.5, 0.6) is 0 Å². The number of aliphatic hydroxyl groups is 1. The van der Waals surface area contributed by atoms with Gasteiger partial charge in [0.25, 0.3) is 0 Å². The predicted octanol–water partition coefficient (Wildman–Crippen LogP) is 1.52. The van der Waals surface area contributed by atoms with Crippen LogP contribution in [0.25, 0.3) is 0 Å². The molecule has 0 aromatic carbocycles. The van der Waals surface area contributed by atoms with E-state index in [0.717, 1.165) is 0 Å². The van der Waals surface area contributed by atoms with Gasteiger partial charge in [-0.2, -0.15) is 0 Å². The van der Waals surface area contributed by atoms with E-state index in [1.54, 1.807) is 0 Å². The van der Waals surface area contributed by atoms with Gasteiger partial charge in [-0.1, -0.05) is 13.2 Å². The van der Waals surface area contributed by atoms with E-state index in [9.17, 15) is 0 Å². The van der Waals surface area contributed by atoms with Gasteiger partial charge in [0.15, 0.2) is 0 Å². The predicted molar refractivity (Wildman–Crippen MR) is 50.1 cm³/mol. The van der Waals surface area contributed by atoms with Crippen LogP contribution in [-0.4, -0.2) is 30.8 Å². The maximum atomic E-state index is 8.12. The molecule has 0 aromatic heterocycles. The molecule has 0 bridgehead atoms. The molecule has 3 nitrogen and oxygen atoms in total. The fourth-order valence-electron chi connectivity index (χ4n) is 0.289. The lowest BCUT2D eigenvalue weighted by Gasteiger charge is -1.94. The Bertz CT molecular complexity index is 86.3. The topological polar surface area (TPSA) is 38.7 Å². The molecule has 0 fully saturated rings. The van der Waals surface area contributed by atoms with Gasteiger partial charge in [-0.05, 0) is 0 Å². The molecule has 0 saturated carbocycles. The van der Waals surface area contributed by atoms with Crippen molar-refractivity contribution in [2.24, 2.45) is 0 Å². The molecular weight excluding hydrogens is 180 g/mol. The minimum atomic E-state index is 0.0802. The molecule has 72 valence electrons. The van der Waals surface area contributed by atoms with Crippen molar-refractivity contribution < 1.29 is 14.6 Å². The first-order valence-corrected chi connectivity index (χ1v) is 3.98. The lowest BCUT2D eigenvalue weighted by atomic mass is 10.7. The highest BCUT2D eigenvalue weighted by Gasteiger charge is 1.79. The van der Waals surface area contributed by atoms with Gasteiger partial charge in [-0.15, -0.1) is 11.6 Å². The van der Waals surface area contributed by atoms with Crippen LogP contribution < -0.4 is 0 Å². The fraction of sp³-hybridized carbons (Fsp3) is 0.500. The van der Waals surface area contributed by atoms with Crippen molar-refractivity contribution in [1.82, 2.24) is 0 Å². The Morgan fingerprint density at radius 3 is 2.08 bits per heavy atom. The van der Waals surface area contributed by atoms with Crippen LogP contribution in [0.15, 0.2) is 25.7 Å². The quantitative estimate of drug-likeness (QED) is 0.396. The lowest BCUT2D eigenvalue weighted by molar-refractivity contribution is 0.103. The summed E-state index contributed by atoms with van der Waals surface area (Å²) in [5, 5.41) is 8.12. The normalized spacial score (nSPS) is 7.83. The minimum absolute atomic E-state index is 0.0802. The third-order valence-corrected chi connectivity index (χ3v) is 0.804. The molecule has 0 amide bonds. The van der Waals surface area contributed by atoms with E-state index >= 15 is 0 Å². The van der Waals surface area contributed by atoms with E-state index in [2.05, 4.69) is 17.9 Å². The Labute approximate surface area is 78.2 Å².